The van der Waals surface area contributed by atoms with Gasteiger partial charge in [0.05, 0.1) is 12.3 Å². The molecule has 0 aliphatic carbocycles. The third kappa shape index (κ3) is 2.65. The van der Waals surface area contributed by atoms with Gasteiger partial charge in [-0.1, -0.05) is 6.42 Å². The van der Waals surface area contributed by atoms with E-state index in [9.17, 15) is 5.11 Å². The zero-order valence-corrected chi connectivity index (χ0v) is 11.3. The molecule has 1 atom stereocenters. The fraction of sp³-hybridized carbons (Fsp3) is 0.643. The molecule has 2 heterocycles. The van der Waals surface area contributed by atoms with E-state index in [1.165, 1.54) is 12.8 Å². The first-order valence-electron chi connectivity index (χ1n) is 6.69. The lowest BCUT2D eigenvalue weighted by molar-refractivity contribution is 0.0829. The average Bonchev–Trinajstić information content (AvgIpc) is 2.40. The number of aryl methyl sites for hydroxylation is 1. The van der Waals surface area contributed by atoms with Crippen LogP contribution in [-0.4, -0.2) is 34.2 Å². The van der Waals surface area contributed by atoms with Crippen LogP contribution in [0.4, 0.5) is 5.69 Å². The lowest BCUT2D eigenvalue weighted by atomic mass is 10.0. The van der Waals surface area contributed by atoms with Crippen molar-refractivity contribution in [2.45, 2.75) is 45.7 Å². The second-order valence-corrected chi connectivity index (χ2v) is 5.23. The monoisotopic (exact) mass is 249 g/mol. The Balaban J connectivity index is 2.15. The summed E-state index contributed by atoms with van der Waals surface area (Å²) in [4.78, 5) is 6.83. The third-order valence-electron chi connectivity index (χ3n) is 3.99. The van der Waals surface area contributed by atoms with Crippen LogP contribution in [-0.2, 0) is 6.54 Å². The third-order valence-corrected chi connectivity index (χ3v) is 3.99. The molecular formula is C14H23N3O. The quantitative estimate of drug-likeness (QED) is 0.854. The number of hydrogen-bond donors (Lipinski definition) is 2. The molecule has 0 radical (unpaired) electrons. The average molecular weight is 249 g/mol. The van der Waals surface area contributed by atoms with Gasteiger partial charge in [-0.15, -0.1) is 0 Å². The topological polar surface area (TPSA) is 62.4 Å². The molecule has 4 nitrogen and oxygen atoms in total. The summed E-state index contributed by atoms with van der Waals surface area (Å²) in [5.41, 5.74) is 10.0. The minimum Gasteiger partial charge on any atom is -0.398 e. The number of nitrogen functional groups attached to an aromatic ring is 1. The number of likely N-dealkylation sites (tertiary alicyclic amines) is 1. The second kappa shape index (κ2) is 5.67. The van der Waals surface area contributed by atoms with Crippen molar-refractivity contribution in [3.63, 3.8) is 0 Å². The van der Waals surface area contributed by atoms with Crippen molar-refractivity contribution in [3.8, 4) is 0 Å². The van der Waals surface area contributed by atoms with Crippen molar-refractivity contribution in [1.29, 1.82) is 0 Å². The molecule has 1 fully saturated rings. The van der Waals surface area contributed by atoms with Crippen LogP contribution >= 0.6 is 0 Å². The standard InChI is InChI=1S/C14H23N3O/c1-10-7-16-13(11(2)14(10)15)8-17-6-4-3-5-12(17)9-18/h7,12,18H,3-6,8-9H2,1-2H3,(H2,15,16). The van der Waals surface area contributed by atoms with E-state index in [1.54, 1.807) is 0 Å². The van der Waals surface area contributed by atoms with Gasteiger partial charge in [-0.25, -0.2) is 0 Å². The number of aromatic nitrogens is 1. The van der Waals surface area contributed by atoms with Crippen LogP contribution in [0.25, 0.3) is 0 Å². The van der Waals surface area contributed by atoms with E-state index in [4.69, 9.17) is 5.73 Å². The number of nitrogens with two attached hydrogens (primary N) is 1. The Hall–Kier alpha value is -1.13. The van der Waals surface area contributed by atoms with Crippen molar-refractivity contribution in [2.24, 2.45) is 0 Å². The van der Waals surface area contributed by atoms with E-state index >= 15 is 0 Å². The van der Waals surface area contributed by atoms with Crippen molar-refractivity contribution in [1.82, 2.24) is 9.88 Å². The minimum atomic E-state index is 0.236. The Morgan fingerprint density at radius 3 is 2.94 bits per heavy atom. The van der Waals surface area contributed by atoms with Crippen LogP contribution in [0.5, 0.6) is 0 Å². The van der Waals surface area contributed by atoms with Crippen LogP contribution < -0.4 is 5.73 Å². The van der Waals surface area contributed by atoms with Crippen molar-refractivity contribution < 1.29 is 5.11 Å². The summed E-state index contributed by atoms with van der Waals surface area (Å²) >= 11 is 0. The normalized spacial score (nSPS) is 21.2. The first kappa shape index (κ1) is 13.3. The molecule has 0 saturated carbocycles. The van der Waals surface area contributed by atoms with E-state index in [-0.39, 0.29) is 12.6 Å². The van der Waals surface area contributed by atoms with E-state index in [0.717, 1.165) is 42.0 Å². The number of anilines is 1. The number of aliphatic hydroxyl groups excluding tert-OH is 1. The Labute approximate surface area is 109 Å². The second-order valence-electron chi connectivity index (χ2n) is 5.23. The van der Waals surface area contributed by atoms with Crippen LogP contribution in [0, 0.1) is 13.8 Å². The highest BCUT2D eigenvalue weighted by Crippen LogP contribution is 2.23. The number of pyridine rings is 1. The van der Waals surface area contributed by atoms with Gasteiger partial charge in [0.1, 0.15) is 0 Å². The first-order chi connectivity index (χ1) is 8.63. The van der Waals surface area contributed by atoms with Crippen LogP contribution in [0.1, 0.15) is 36.1 Å². The van der Waals surface area contributed by atoms with Gasteiger partial charge < -0.3 is 10.8 Å². The number of hydrogen-bond acceptors (Lipinski definition) is 4. The molecule has 0 bridgehead atoms. The molecule has 4 heteroatoms. The molecule has 1 aromatic heterocycles. The lowest BCUT2D eigenvalue weighted by Crippen LogP contribution is -2.41. The van der Waals surface area contributed by atoms with Crippen LogP contribution in [0.3, 0.4) is 0 Å². The summed E-state index contributed by atoms with van der Waals surface area (Å²) in [6.07, 6.45) is 5.34. The summed E-state index contributed by atoms with van der Waals surface area (Å²) in [5.74, 6) is 0. The van der Waals surface area contributed by atoms with Gasteiger partial charge in [-0.2, -0.15) is 0 Å². The fourth-order valence-corrected chi connectivity index (χ4v) is 2.62. The summed E-state index contributed by atoms with van der Waals surface area (Å²) in [5, 5.41) is 9.42. The first-order valence-corrected chi connectivity index (χ1v) is 6.69. The van der Waals surface area contributed by atoms with Crippen molar-refractivity contribution in [3.05, 3.63) is 23.0 Å². The highest BCUT2D eigenvalue weighted by Gasteiger charge is 2.22. The van der Waals surface area contributed by atoms with E-state index < -0.39 is 0 Å². The molecule has 100 valence electrons. The van der Waals surface area contributed by atoms with Crippen molar-refractivity contribution >= 4 is 5.69 Å². The summed E-state index contributed by atoms with van der Waals surface area (Å²) in [6.45, 7) is 6.08. The van der Waals surface area contributed by atoms with Gasteiger partial charge in [0.2, 0.25) is 0 Å². The Morgan fingerprint density at radius 2 is 2.22 bits per heavy atom. The summed E-state index contributed by atoms with van der Waals surface area (Å²) < 4.78 is 0. The molecule has 1 unspecified atom stereocenters. The highest BCUT2D eigenvalue weighted by atomic mass is 16.3. The molecule has 2 rings (SSSR count). The van der Waals surface area contributed by atoms with Gasteiger partial charge in [0.15, 0.2) is 0 Å². The van der Waals surface area contributed by atoms with E-state index in [0.29, 0.717) is 0 Å². The minimum absolute atomic E-state index is 0.236. The SMILES string of the molecule is Cc1cnc(CN2CCCCC2CO)c(C)c1N. The molecule has 0 spiro atoms. The predicted octanol–water partition coefficient (Wildman–Crippen LogP) is 1.63. The molecule has 3 N–H and O–H groups in total. The molecule has 0 aromatic carbocycles. The lowest BCUT2D eigenvalue weighted by Gasteiger charge is -2.34. The van der Waals surface area contributed by atoms with Crippen LogP contribution in [0.15, 0.2) is 6.20 Å². The highest BCUT2D eigenvalue weighted by molar-refractivity contribution is 5.53. The molecule has 1 aromatic rings. The van der Waals surface area contributed by atoms with Gasteiger partial charge in [-0.05, 0) is 44.4 Å². The maximum absolute atomic E-state index is 9.42. The zero-order valence-electron chi connectivity index (χ0n) is 11.3. The molecule has 18 heavy (non-hydrogen) atoms. The Morgan fingerprint density at radius 1 is 1.44 bits per heavy atom. The zero-order chi connectivity index (χ0) is 13.1. The van der Waals surface area contributed by atoms with Gasteiger partial charge >= 0.3 is 0 Å². The van der Waals surface area contributed by atoms with E-state index in [1.807, 2.05) is 20.0 Å². The largest absolute Gasteiger partial charge is 0.398 e. The Kier molecular flexibility index (Phi) is 4.19. The van der Waals surface area contributed by atoms with Crippen LogP contribution in [0.2, 0.25) is 0 Å². The van der Waals surface area contributed by atoms with E-state index in [2.05, 4.69) is 9.88 Å². The molecule has 1 aliphatic rings. The molecule has 0 amide bonds. The van der Waals surface area contributed by atoms with Gasteiger partial charge in [0.25, 0.3) is 0 Å². The summed E-state index contributed by atoms with van der Waals surface area (Å²) in [6, 6.07) is 0.280. The predicted molar refractivity (Wildman–Crippen MR) is 73.3 cm³/mol. The van der Waals surface area contributed by atoms with Crippen molar-refractivity contribution in [2.75, 3.05) is 18.9 Å². The molecule has 1 saturated heterocycles. The maximum Gasteiger partial charge on any atom is 0.0593 e. The molecule has 1 aliphatic heterocycles. The number of aliphatic hydroxyl groups is 1. The Bertz CT molecular complexity index is 420. The number of piperidine rings is 1. The number of nitrogens with zero attached hydrogens (tertiary/aromatic N) is 2. The van der Waals surface area contributed by atoms with Gasteiger partial charge in [-0.3, -0.25) is 9.88 Å². The number of rotatable bonds is 3. The summed E-state index contributed by atoms with van der Waals surface area (Å²) in [7, 11) is 0. The smallest absolute Gasteiger partial charge is 0.0593 e. The maximum atomic E-state index is 9.42. The van der Waals surface area contributed by atoms with Gasteiger partial charge in [0, 0.05) is 24.5 Å². The fourth-order valence-electron chi connectivity index (χ4n) is 2.62. The molecular weight excluding hydrogens is 226 g/mol.